The van der Waals surface area contributed by atoms with Gasteiger partial charge in [0.15, 0.2) is 0 Å². The SMILES string of the molecule is CC(C)(C(=O)NCCn1cccn1)C(N)=S. The van der Waals surface area contributed by atoms with Crippen LogP contribution in [-0.2, 0) is 11.3 Å². The van der Waals surface area contributed by atoms with E-state index in [1.54, 1.807) is 24.7 Å². The number of aromatic nitrogens is 2. The summed E-state index contributed by atoms with van der Waals surface area (Å²) in [5, 5.41) is 6.80. The van der Waals surface area contributed by atoms with Gasteiger partial charge in [0.05, 0.1) is 16.9 Å². The Morgan fingerprint density at radius 1 is 1.62 bits per heavy atom. The highest BCUT2D eigenvalue weighted by Crippen LogP contribution is 2.14. The standard InChI is InChI=1S/C10H16N4OS/c1-10(2,8(11)16)9(15)12-5-7-14-6-3-4-13-14/h3-4,6H,5,7H2,1-2H3,(H2,11,16)(H,12,15). The zero-order valence-corrected chi connectivity index (χ0v) is 10.3. The van der Waals surface area contributed by atoms with Crippen molar-refractivity contribution < 1.29 is 4.79 Å². The van der Waals surface area contributed by atoms with Crippen molar-refractivity contribution >= 4 is 23.1 Å². The molecule has 1 aromatic rings. The van der Waals surface area contributed by atoms with Crippen molar-refractivity contribution in [3.8, 4) is 0 Å². The first-order valence-corrected chi connectivity index (χ1v) is 5.41. The maximum atomic E-state index is 11.7. The number of nitrogens with zero attached hydrogens (tertiary/aromatic N) is 2. The molecule has 1 aromatic heterocycles. The van der Waals surface area contributed by atoms with E-state index < -0.39 is 5.41 Å². The van der Waals surface area contributed by atoms with Gasteiger partial charge in [0.1, 0.15) is 0 Å². The molecule has 0 saturated carbocycles. The summed E-state index contributed by atoms with van der Waals surface area (Å²) in [6, 6.07) is 1.83. The zero-order chi connectivity index (χ0) is 12.2. The van der Waals surface area contributed by atoms with E-state index in [2.05, 4.69) is 10.4 Å². The van der Waals surface area contributed by atoms with Crippen molar-refractivity contribution in [1.29, 1.82) is 0 Å². The molecule has 0 aliphatic heterocycles. The van der Waals surface area contributed by atoms with Gasteiger partial charge in [-0.3, -0.25) is 9.48 Å². The van der Waals surface area contributed by atoms with E-state index >= 15 is 0 Å². The summed E-state index contributed by atoms with van der Waals surface area (Å²) >= 11 is 4.84. The maximum absolute atomic E-state index is 11.7. The van der Waals surface area contributed by atoms with E-state index in [1.165, 1.54) is 0 Å². The van der Waals surface area contributed by atoms with Crippen LogP contribution in [0.15, 0.2) is 18.5 Å². The Morgan fingerprint density at radius 3 is 2.81 bits per heavy atom. The van der Waals surface area contributed by atoms with Crippen molar-refractivity contribution in [3.05, 3.63) is 18.5 Å². The van der Waals surface area contributed by atoms with Gasteiger partial charge in [-0.2, -0.15) is 5.10 Å². The molecule has 0 aliphatic rings. The lowest BCUT2D eigenvalue weighted by Gasteiger charge is -2.21. The van der Waals surface area contributed by atoms with Crippen LogP contribution >= 0.6 is 12.2 Å². The quantitative estimate of drug-likeness (QED) is 0.727. The number of hydrogen-bond donors (Lipinski definition) is 2. The molecular formula is C10H16N4OS. The van der Waals surface area contributed by atoms with Gasteiger partial charge in [0.2, 0.25) is 5.91 Å². The van der Waals surface area contributed by atoms with Crippen LogP contribution in [0.1, 0.15) is 13.8 Å². The lowest BCUT2D eigenvalue weighted by atomic mass is 9.92. The summed E-state index contributed by atoms with van der Waals surface area (Å²) in [6.07, 6.45) is 3.53. The molecule has 0 bridgehead atoms. The third kappa shape index (κ3) is 3.03. The van der Waals surface area contributed by atoms with E-state index in [9.17, 15) is 4.79 Å². The summed E-state index contributed by atoms with van der Waals surface area (Å²) in [4.78, 5) is 11.9. The number of hydrogen-bond acceptors (Lipinski definition) is 3. The van der Waals surface area contributed by atoms with Gasteiger partial charge in [0, 0.05) is 18.9 Å². The highest BCUT2D eigenvalue weighted by atomic mass is 32.1. The first-order valence-electron chi connectivity index (χ1n) is 5.00. The van der Waals surface area contributed by atoms with Crippen molar-refractivity contribution in [2.24, 2.45) is 11.1 Å². The third-order valence-electron chi connectivity index (χ3n) is 2.37. The Hall–Kier alpha value is -1.43. The normalized spacial score (nSPS) is 11.1. The molecule has 5 nitrogen and oxygen atoms in total. The lowest BCUT2D eigenvalue weighted by molar-refractivity contribution is -0.126. The first-order chi connectivity index (χ1) is 7.44. The fourth-order valence-electron chi connectivity index (χ4n) is 1.05. The van der Waals surface area contributed by atoms with Crippen LogP contribution in [0, 0.1) is 5.41 Å². The predicted molar refractivity (Wildman–Crippen MR) is 65.8 cm³/mol. The third-order valence-corrected chi connectivity index (χ3v) is 2.88. The molecule has 0 radical (unpaired) electrons. The predicted octanol–water partition coefficient (Wildman–Crippen LogP) is 0.312. The van der Waals surface area contributed by atoms with E-state index in [0.29, 0.717) is 13.1 Å². The average molecular weight is 240 g/mol. The summed E-state index contributed by atoms with van der Waals surface area (Å²) in [6.45, 7) is 4.55. The van der Waals surface area contributed by atoms with Gasteiger partial charge in [-0.1, -0.05) is 12.2 Å². The minimum absolute atomic E-state index is 0.160. The van der Waals surface area contributed by atoms with Crippen LogP contribution in [0.4, 0.5) is 0 Å². The molecule has 0 atom stereocenters. The number of rotatable bonds is 5. The molecule has 0 aromatic carbocycles. The summed E-state index contributed by atoms with van der Waals surface area (Å²) in [5.74, 6) is -0.160. The Bertz CT molecular complexity index is 372. The molecule has 16 heavy (non-hydrogen) atoms. The van der Waals surface area contributed by atoms with Gasteiger partial charge in [-0.15, -0.1) is 0 Å². The van der Waals surface area contributed by atoms with Crippen LogP contribution < -0.4 is 11.1 Å². The van der Waals surface area contributed by atoms with Crippen molar-refractivity contribution in [3.63, 3.8) is 0 Å². The highest BCUT2D eigenvalue weighted by molar-refractivity contribution is 7.80. The van der Waals surface area contributed by atoms with Crippen molar-refractivity contribution in [1.82, 2.24) is 15.1 Å². The molecule has 6 heteroatoms. The average Bonchev–Trinajstić information content (AvgIpc) is 2.70. The second-order valence-corrected chi connectivity index (χ2v) is 4.45. The monoisotopic (exact) mass is 240 g/mol. The molecule has 1 amide bonds. The van der Waals surface area contributed by atoms with E-state index in [1.807, 2.05) is 12.3 Å². The maximum Gasteiger partial charge on any atom is 0.232 e. The topological polar surface area (TPSA) is 72.9 Å². The van der Waals surface area contributed by atoms with Crippen molar-refractivity contribution in [2.45, 2.75) is 20.4 Å². The zero-order valence-electron chi connectivity index (χ0n) is 9.43. The molecule has 0 aliphatic carbocycles. The number of carbonyl (C=O) groups is 1. The van der Waals surface area contributed by atoms with Crippen molar-refractivity contribution in [2.75, 3.05) is 6.54 Å². The number of amides is 1. The molecule has 0 saturated heterocycles. The second-order valence-electron chi connectivity index (χ2n) is 4.01. The van der Waals surface area contributed by atoms with Gasteiger partial charge in [-0.05, 0) is 19.9 Å². The molecule has 3 N–H and O–H groups in total. The molecule has 1 rings (SSSR count). The van der Waals surface area contributed by atoms with Crippen LogP contribution in [0.2, 0.25) is 0 Å². The Balaban J connectivity index is 2.39. The van der Waals surface area contributed by atoms with Crippen LogP contribution in [-0.4, -0.2) is 27.2 Å². The largest absolute Gasteiger partial charge is 0.392 e. The Kier molecular flexibility index (Phi) is 4.00. The molecule has 88 valence electrons. The minimum atomic E-state index is -0.806. The van der Waals surface area contributed by atoms with Gasteiger partial charge in [-0.25, -0.2) is 0 Å². The van der Waals surface area contributed by atoms with E-state index in [0.717, 1.165) is 0 Å². The Labute approximate surface area is 100 Å². The second kappa shape index (κ2) is 5.07. The van der Waals surface area contributed by atoms with Gasteiger partial charge in [0.25, 0.3) is 0 Å². The van der Waals surface area contributed by atoms with Gasteiger partial charge >= 0.3 is 0 Å². The summed E-state index contributed by atoms with van der Waals surface area (Å²) in [5.41, 5.74) is 4.68. The molecule has 1 heterocycles. The van der Waals surface area contributed by atoms with Crippen LogP contribution in [0.25, 0.3) is 0 Å². The fourth-order valence-corrected chi connectivity index (χ4v) is 1.14. The van der Waals surface area contributed by atoms with E-state index in [4.69, 9.17) is 18.0 Å². The minimum Gasteiger partial charge on any atom is -0.392 e. The van der Waals surface area contributed by atoms with E-state index in [-0.39, 0.29) is 10.9 Å². The number of thiocarbonyl (C=S) groups is 1. The number of nitrogens with one attached hydrogen (secondary N) is 1. The molecular weight excluding hydrogens is 224 g/mol. The number of nitrogens with two attached hydrogens (primary N) is 1. The smallest absolute Gasteiger partial charge is 0.232 e. The molecule has 0 fully saturated rings. The fraction of sp³-hybridized carbons (Fsp3) is 0.500. The van der Waals surface area contributed by atoms with Crippen LogP contribution in [0.5, 0.6) is 0 Å². The van der Waals surface area contributed by atoms with Gasteiger partial charge < -0.3 is 11.1 Å². The first kappa shape index (κ1) is 12.6. The highest BCUT2D eigenvalue weighted by Gasteiger charge is 2.30. The lowest BCUT2D eigenvalue weighted by Crippen LogP contribution is -2.45. The van der Waals surface area contributed by atoms with Crippen LogP contribution in [0.3, 0.4) is 0 Å². The molecule has 0 spiro atoms. The number of carbonyl (C=O) groups excluding carboxylic acids is 1. The summed E-state index contributed by atoms with van der Waals surface area (Å²) < 4.78 is 1.74. The Morgan fingerprint density at radius 2 is 2.31 bits per heavy atom. The summed E-state index contributed by atoms with van der Waals surface area (Å²) in [7, 11) is 0. The molecule has 0 unspecified atom stereocenters.